The zero-order chi connectivity index (χ0) is 24.4. The Kier molecular flexibility index (Phi) is 10.3. The van der Waals surface area contributed by atoms with E-state index in [4.69, 9.17) is 15.2 Å². The molecule has 180 valence electrons. The van der Waals surface area contributed by atoms with E-state index < -0.39 is 0 Å². The van der Waals surface area contributed by atoms with E-state index in [0.29, 0.717) is 29.2 Å². The summed E-state index contributed by atoms with van der Waals surface area (Å²) >= 11 is 1.46. The summed E-state index contributed by atoms with van der Waals surface area (Å²) in [5.41, 5.74) is 2.87. The van der Waals surface area contributed by atoms with Crippen molar-refractivity contribution >= 4 is 27.5 Å². The summed E-state index contributed by atoms with van der Waals surface area (Å²) in [7, 11) is 0. The Morgan fingerprint density at radius 3 is 2.67 bits per heavy atom. The summed E-state index contributed by atoms with van der Waals surface area (Å²) in [6, 6.07) is 4.18. The molecule has 0 aliphatic heterocycles. The Balaban J connectivity index is 0.000000365. The molecule has 5 nitrogen and oxygen atoms in total. The number of aromatic nitrogens is 1. The Morgan fingerprint density at radius 2 is 2.03 bits per heavy atom. The van der Waals surface area contributed by atoms with Gasteiger partial charge in [-0.1, -0.05) is 39.0 Å². The van der Waals surface area contributed by atoms with E-state index in [2.05, 4.69) is 32.2 Å². The number of rotatable bonds is 6. The van der Waals surface area contributed by atoms with Crippen molar-refractivity contribution in [3.8, 4) is 0 Å². The molecule has 0 saturated heterocycles. The smallest absolute Gasteiger partial charge is 0.261 e. The lowest BCUT2D eigenvalue weighted by molar-refractivity contribution is 0.0955. The number of aliphatic hydroxyl groups excluding tert-OH is 2. The summed E-state index contributed by atoms with van der Waals surface area (Å²) < 4.78 is 0. The number of aryl methyl sites for hydroxylation is 1. The van der Waals surface area contributed by atoms with Gasteiger partial charge in [-0.25, -0.2) is 4.98 Å². The summed E-state index contributed by atoms with van der Waals surface area (Å²) in [6.07, 6.45) is 12.6. The first-order valence-electron chi connectivity index (χ1n) is 11.7. The van der Waals surface area contributed by atoms with Crippen LogP contribution in [0.1, 0.15) is 68.4 Å². The molecule has 2 aromatic rings. The van der Waals surface area contributed by atoms with E-state index in [-0.39, 0.29) is 18.3 Å². The van der Waals surface area contributed by atoms with Crippen molar-refractivity contribution in [3.05, 3.63) is 64.4 Å². The molecule has 0 spiro atoms. The molecular formula is C27H38N2O3S. The second kappa shape index (κ2) is 12.7. The first kappa shape index (κ1) is 26.8. The third-order valence-corrected chi connectivity index (χ3v) is 6.78. The molecule has 1 unspecified atom stereocenters. The van der Waals surface area contributed by atoms with Gasteiger partial charge in [0, 0.05) is 24.2 Å². The number of nitrogens with one attached hydrogen (secondary N) is 1. The summed E-state index contributed by atoms with van der Waals surface area (Å²) in [6.45, 7) is 11.3. The number of pyridine rings is 1. The lowest BCUT2D eigenvalue weighted by Crippen LogP contribution is -2.27. The van der Waals surface area contributed by atoms with Crippen LogP contribution in [0.2, 0.25) is 0 Å². The van der Waals surface area contributed by atoms with Crippen LogP contribution in [0.15, 0.2) is 48.3 Å². The van der Waals surface area contributed by atoms with Gasteiger partial charge in [0.1, 0.15) is 10.6 Å². The van der Waals surface area contributed by atoms with Crippen molar-refractivity contribution in [1.29, 1.82) is 0 Å². The van der Waals surface area contributed by atoms with Crippen LogP contribution in [-0.2, 0) is 12.8 Å². The molecule has 1 atom stereocenters. The fraction of sp³-hybridized carbons (Fsp3) is 0.481. The number of aliphatic hydroxyl groups is 2. The first-order chi connectivity index (χ1) is 15.7. The zero-order valence-corrected chi connectivity index (χ0v) is 21.3. The molecule has 3 rings (SSSR count). The maximum absolute atomic E-state index is 12.2. The third kappa shape index (κ3) is 8.13. The zero-order valence-electron chi connectivity index (χ0n) is 20.5. The molecule has 6 heteroatoms. The molecule has 2 heterocycles. The molecule has 0 aromatic carbocycles. The minimum Gasteiger partial charge on any atom is -0.508 e. The van der Waals surface area contributed by atoms with Crippen LogP contribution in [-0.4, -0.2) is 34.3 Å². The SMILES string of the molecule is CC(C)(C)C1CCc2nc3sc(C(=O)NCCCO)cc3cc2C1.C\C=C/C(O)=C\C=C\C. The third-order valence-electron chi connectivity index (χ3n) is 5.74. The second-order valence-electron chi connectivity index (χ2n) is 9.36. The van der Waals surface area contributed by atoms with Crippen LogP contribution >= 0.6 is 11.3 Å². The molecule has 33 heavy (non-hydrogen) atoms. The van der Waals surface area contributed by atoms with E-state index in [1.54, 1.807) is 24.3 Å². The van der Waals surface area contributed by atoms with Gasteiger partial charge in [0.25, 0.3) is 5.91 Å². The van der Waals surface area contributed by atoms with E-state index in [0.717, 1.165) is 23.1 Å². The Morgan fingerprint density at radius 1 is 1.27 bits per heavy atom. The van der Waals surface area contributed by atoms with Gasteiger partial charge in [0.05, 0.1) is 4.88 Å². The van der Waals surface area contributed by atoms with Crippen molar-refractivity contribution in [2.24, 2.45) is 11.3 Å². The number of hydrogen-bond acceptors (Lipinski definition) is 5. The van der Waals surface area contributed by atoms with E-state index >= 15 is 0 Å². The molecular weight excluding hydrogens is 432 g/mol. The highest BCUT2D eigenvalue weighted by molar-refractivity contribution is 7.20. The standard InChI is InChI=1S/C19H26N2O2S.C8H12O/c1-19(2,3)14-5-6-15-12(10-14)9-13-11-16(24-18(13)21-15)17(23)20-7-4-8-22;1-3-5-7-8(9)6-4-2/h9,11,14,22H,4-8,10H2,1-3H3,(H,20,23);3-7,9H,1-2H3/b;5-3+,6-4-,8-7+. The minimum absolute atomic E-state index is 0.0722. The maximum atomic E-state index is 12.2. The normalized spacial score (nSPS) is 16.7. The lowest BCUT2D eigenvalue weighted by Gasteiger charge is -2.34. The topological polar surface area (TPSA) is 82.5 Å². The van der Waals surface area contributed by atoms with Crippen molar-refractivity contribution in [2.45, 2.75) is 60.3 Å². The Bertz CT molecular complexity index is 1010. The summed E-state index contributed by atoms with van der Waals surface area (Å²) in [4.78, 5) is 18.7. The molecule has 1 aliphatic carbocycles. The van der Waals surface area contributed by atoms with Crippen molar-refractivity contribution in [3.63, 3.8) is 0 Å². The Hall–Kier alpha value is -2.44. The highest BCUT2D eigenvalue weighted by atomic mass is 32.1. The largest absolute Gasteiger partial charge is 0.508 e. The summed E-state index contributed by atoms with van der Waals surface area (Å²) in [5.74, 6) is 0.900. The highest BCUT2D eigenvalue weighted by Gasteiger charge is 2.29. The second-order valence-corrected chi connectivity index (χ2v) is 10.4. The van der Waals surface area contributed by atoms with E-state index in [1.165, 1.54) is 29.0 Å². The van der Waals surface area contributed by atoms with Gasteiger partial charge in [-0.05, 0) is 80.7 Å². The molecule has 0 bridgehead atoms. The predicted molar refractivity (Wildman–Crippen MR) is 139 cm³/mol. The van der Waals surface area contributed by atoms with Crippen LogP contribution in [0.4, 0.5) is 0 Å². The van der Waals surface area contributed by atoms with Crippen LogP contribution < -0.4 is 5.32 Å². The number of nitrogens with zero attached hydrogens (tertiary/aromatic N) is 1. The predicted octanol–water partition coefficient (Wildman–Crippen LogP) is 6.14. The van der Waals surface area contributed by atoms with Gasteiger partial charge < -0.3 is 15.5 Å². The lowest BCUT2D eigenvalue weighted by atomic mass is 9.71. The number of thiophene rings is 1. The maximum Gasteiger partial charge on any atom is 0.261 e. The molecule has 0 saturated carbocycles. The fourth-order valence-electron chi connectivity index (χ4n) is 3.76. The number of allylic oxidation sites excluding steroid dienone is 5. The average Bonchev–Trinajstić information content (AvgIpc) is 3.19. The van der Waals surface area contributed by atoms with Crippen LogP contribution in [0.5, 0.6) is 0 Å². The fourth-order valence-corrected chi connectivity index (χ4v) is 4.71. The molecule has 3 N–H and O–H groups in total. The van der Waals surface area contributed by atoms with E-state index in [1.807, 2.05) is 26.0 Å². The van der Waals surface area contributed by atoms with E-state index in [9.17, 15) is 4.79 Å². The Labute approximate surface area is 202 Å². The quantitative estimate of drug-likeness (QED) is 0.269. The molecule has 0 radical (unpaired) electrons. The van der Waals surface area contributed by atoms with Crippen molar-refractivity contribution in [1.82, 2.24) is 10.3 Å². The minimum atomic E-state index is -0.0722. The number of carbonyl (C=O) groups is 1. The number of fused-ring (bicyclic) bond motifs is 2. The van der Waals surface area contributed by atoms with Gasteiger partial charge in [-0.3, -0.25) is 4.79 Å². The molecule has 1 amide bonds. The number of hydrogen-bond donors (Lipinski definition) is 3. The van der Waals surface area contributed by atoms with Crippen molar-refractivity contribution < 1.29 is 15.0 Å². The number of carbonyl (C=O) groups excluding carboxylic acids is 1. The monoisotopic (exact) mass is 470 g/mol. The average molecular weight is 471 g/mol. The number of amides is 1. The van der Waals surface area contributed by atoms with Crippen LogP contribution in [0.3, 0.4) is 0 Å². The molecule has 1 aliphatic rings. The van der Waals surface area contributed by atoms with Gasteiger partial charge in [0.2, 0.25) is 0 Å². The van der Waals surface area contributed by atoms with Crippen LogP contribution in [0.25, 0.3) is 10.2 Å². The highest BCUT2D eigenvalue weighted by Crippen LogP contribution is 2.38. The van der Waals surface area contributed by atoms with Crippen LogP contribution in [0, 0.1) is 11.3 Å². The van der Waals surface area contributed by atoms with Gasteiger partial charge in [-0.15, -0.1) is 11.3 Å². The van der Waals surface area contributed by atoms with Gasteiger partial charge in [0.15, 0.2) is 0 Å². The molecule has 0 fully saturated rings. The van der Waals surface area contributed by atoms with Gasteiger partial charge >= 0.3 is 0 Å². The van der Waals surface area contributed by atoms with Crippen molar-refractivity contribution in [2.75, 3.05) is 13.2 Å². The van der Waals surface area contributed by atoms with Gasteiger partial charge in [-0.2, -0.15) is 0 Å². The molecule has 2 aromatic heterocycles. The summed E-state index contributed by atoms with van der Waals surface area (Å²) in [5, 5.41) is 21.6. The first-order valence-corrected chi connectivity index (χ1v) is 12.5.